The highest BCUT2D eigenvalue weighted by molar-refractivity contribution is 7.89. The molecule has 29 heavy (non-hydrogen) atoms. The zero-order chi connectivity index (χ0) is 20.0. The molecule has 9 heteroatoms. The molecule has 0 bridgehead atoms. The van der Waals surface area contributed by atoms with E-state index >= 15 is 0 Å². The molecule has 2 aromatic rings. The van der Waals surface area contributed by atoms with Crippen molar-refractivity contribution in [3.8, 4) is 17.5 Å². The Morgan fingerprint density at radius 1 is 1.24 bits per heavy atom. The van der Waals surface area contributed by atoms with Crippen molar-refractivity contribution in [3.05, 3.63) is 35.4 Å². The lowest BCUT2D eigenvalue weighted by molar-refractivity contribution is 0.0720. The van der Waals surface area contributed by atoms with Crippen LogP contribution in [0.5, 0.6) is 0 Å². The fourth-order valence-electron chi connectivity index (χ4n) is 5.20. The van der Waals surface area contributed by atoms with Crippen molar-refractivity contribution in [1.29, 1.82) is 5.26 Å². The number of sulfonamides is 1. The summed E-state index contributed by atoms with van der Waals surface area (Å²) in [6.45, 7) is 2.22. The van der Waals surface area contributed by atoms with Crippen LogP contribution < -0.4 is 0 Å². The van der Waals surface area contributed by atoms with E-state index in [-0.39, 0.29) is 30.7 Å². The summed E-state index contributed by atoms with van der Waals surface area (Å²) in [6, 6.07) is 2.24. The SMILES string of the molecule is CCS(=O)(=O)N1CC(CC#N)(n2cc3c(n2)-c2ncnc4c2C(=CC4)C32CC2)C1. The molecule has 8 nitrogen and oxygen atoms in total. The Morgan fingerprint density at radius 3 is 2.72 bits per heavy atom. The predicted molar refractivity (Wildman–Crippen MR) is 105 cm³/mol. The number of hydrogen-bond acceptors (Lipinski definition) is 6. The van der Waals surface area contributed by atoms with Gasteiger partial charge in [0.05, 0.1) is 23.9 Å². The number of allylic oxidation sites excluding steroid dienone is 2. The lowest BCUT2D eigenvalue weighted by Crippen LogP contribution is -2.64. The fourth-order valence-corrected chi connectivity index (χ4v) is 6.44. The van der Waals surface area contributed by atoms with E-state index in [1.54, 1.807) is 13.3 Å². The first-order valence-electron chi connectivity index (χ1n) is 9.95. The Hall–Kier alpha value is -2.57. The summed E-state index contributed by atoms with van der Waals surface area (Å²) >= 11 is 0. The van der Waals surface area contributed by atoms with Gasteiger partial charge in [-0.25, -0.2) is 18.4 Å². The molecule has 2 fully saturated rings. The standard InChI is InChI=1S/C20H20N6O2S/c1-2-29(27,28)25-10-19(11-25,7-8-21)26-9-14-17(24-26)18-16-13(20(14)5-6-20)3-4-15(16)22-12-23-18/h3,9,12H,2,4-7,10-11H2,1H3. The van der Waals surface area contributed by atoms with Crippen molar-refractivity contribution in [2.45, 2.75) is 43.6 Å². The first-order valence-corrected chi connectivity index (χ1v) is 11.6. The molecule has 0 amide bonds. The molecule has 3 aliphatic carbocycles. The minimum Gasteiger partial charge on any atom is -0.262 e. The molecule has 4 aliphatic rings. The predicted octanol–water partition coefficient (Wildman–Crippen LogP) is 1.60. The summed E-state index contributed by atoms with van der Waals surface area (Å²) in [4.78, 5) is 9.02. The van der Waals surface area contributed by atoms with Gasteiger partial charge in [0.25, 0.3) is 0 Å². The number of nitriles is 1. The highest BCUT2D eigenvalue weighted by atomic mass is 32.2. The van der Waals surface area contributed by atoms with Crippen LogP contribution in [-0.2, 0) is 27.4 Å². The van der Waals surface area contributed by atoms with Crippen molar-refractivity contribution in [2.24, 2.45) is 0 Å². The van der Waals surface area contributed by atoms with Crippen LogP contribution >= 0.6 is 0 Å². The lowest BCUT2D eigenvalue weighted by atomic mass is 9.79. The molecule has 0 radical (unpaired) electrons. The molecule has 1 spiro atoms. The molecule has 0 atom stereocenters. The van der Waals surface area contributed by atoms with Gasteiger partial charge in [-0.1, -0.05) is 6.08 Å². The van der Waals surface area contributed by atoms with Gasteiger partial charge in [0.1, 0.15) is 23.3 Å². The van der Waals surface area contributed by atoms with Crippen molar-refractivity contribution in [3.63, 3.8) is 0 Å². The number of fused-ring (bicyclic) bond motifs is 4. The Balaban J connectivity index is 1.48. The van der Waals surface area contributed by atoms with Gasteiger partial charge >= 0.3 is 0 Å². The van der Waals surface area contributed by atoms with Gasteiger partial charge in [-0.15, -0.1) is 0 Å². The van der Waals surface area contributed by atoms with Crippen LogP contribution in [0.1, 0.15) is 43.0 Å². The maximum absolute atomic E-state index is 12.3. The highest BCUT2D eigenvalue weighted by Gasteiger charge is 2.57. The van der Waals surface area contributed by atoms with Gasteiger partial charge in [0, 0.05) is 42.2 Å². The monoisotopic (exact) mass is 408 g/mol. The van der Waals surface area contributed by atoms with Crippen LogP contribution in [0.4, 0.5) is 0 Å². The average Bonchev–Trinajstić information content (AvgIpc) is 3.14. The second-order valence-electron chi connectivity index (χ2n) is 8.51. The zero-order valence-corrected chi connectivity index (χ0v) is 16.9. The summed E-state index contributed by atoms with van der Waals surface area (Å²) in [5.41, 5.74) is 5.81. The summed E-state index contributed by atoms with van der Waals surface area (Å²) in [7, 11) is -3.27. The van der Waals surface area contributed by atoms with E-state index in [2.05, 4.69) is 28.3 Å². The third-order valence-corrected chi connectivity index (χ3v) is 8.78. The quantitative estimate of drug-likeness (QED) is 0.761. The Labute approximate surface area is 168 Å². The Bertz CT molecular complexity index is 1240. The van der Waals surface area contributed by atoms with E-state index in [4.69, 9.17) is 5.10 Å². The van der Waals surface area contributed by atoms with E-state index in [1.807, 2.05) is 4.68 Å². The van der Waals surface area contributed by atoms with Gasteiger partial charge in [-0.05, 0) is 25.3 Å². The molecule has 0 unspecified atom stereocenters. The minimum absolute atomic E-state index is 0.0106. The Morgan fingerprint density at radius 2 is 2.03 bits per heavy atom. The molecule has 6 rings (SSSR count). The number of aromatic nitrogens is 4. The summed E-state index contributed by atoms with van der Waals surface area (Å²) in [6.07, 6.45) is 9.15. The van der Waals surface area contributed by atoms with Crippen LogP contribution in [0.3, 0.4) is 0 Å². The van der Waals surface area contributed by atoms with E-state index in [9.17, 15) is 13.7 Å². The van der Waals surface area contributed by atoms with Crippen molar-refractivity contribution in [2.75, 3.05) is 18.8 Å². The normalized spacial score (nSPS) is 22.4. The third kappa shape index (κ3) is 2.05. The number of hydrogen-bond donors (Lipinski definition) is 0. The van der Waals surface area contributed by atoms with Gasteiger partial charge in [-0.3, -0.25) is 4.68 Å². The summed E-state index contributed by atoms with van der Waals surface area (Å²) in [5, 5.41) is 14.4. The van der Waals surface area contributed by atoms with Gasteiger partial charge in [-0.2, -0.15) is 14.7 Å². The van der Waals surface area contributed by atoms with Gasteiger partial charge in [0.15, 0.2) is 0 Å². The average molecular weight is 408 g/mol. The second-order valence-corrected chi connectivity index (χ2v) is 10.8. The first-order chi connectivity index (χ1) is 13.9. The van der Waals surface area contributed by atoms with Crippen LogP contribution in [-0.4, -0.2) is 51.3 Å². The molecule has 1 saturated heterocycles. The first kappa shape index (κ1) is 17.3. The Kier molecular flexibility index (Phi) is 3.17. The summed E-state index contributed by atoms with van der Waals surface area (Å²) < 4.78 is 27.8. The third-order valence-electron chi connectivity index (χ3n) is 7.01. The molecule has 1 saturated carbocycles. The molecule has 0 aromatic carbocycles. The topological polar surface area (TPSA) is 105 Å². The van der Waals surface area contributed by atoms with E-state index in [0.29, 0.717) is 0 Å². The highest BCUT2D eigenvalue weighted by Crippen LogP contribution is 2.64. The maximum Gasteiger partial charge on any atom is 0.213 e. The van der Waals surface area contributed by atoms with E-state index in [0.717, 1.165) is 47.5 Å². The maximum atomic E-state index is 12.3. The number of rotatable bonds is 4. The molecule has 148 valence electrons. The van der Waals surface area contributed by atoms with Crippen LogP contribution in [0.15, 0.2) is 18.6 Å². The lowest BCUT2D eigenvalue weighted by Gasteiger charge is -2.47. The number of nitrogens with zero attached hydrogens (tertiary/aromatic N) is 6. The van der Waals surface area contributed by atoms with Crippen LogP contribution in [0.25, 0.3) is 17.0 Å². The molecule has 3 heterocycles. The largest absolute Gasteiger partial charge is 0.262 e. The van der Waals surface area contributed by atoms with Crippen molar-refractivity contribution in [1.82, 2.24) is 24.1 Å². The zero-order valence-electron chi connectivity index (χ0n) is 16.1. The molecule has 2 aromatic heterocycles. The van der Waals surface area contributed by atoms with E-state index < -0.39 is 15.6 Å². The van der Waals surface area contributed by atoms with Gasteiger partial charge in [0.2, 0.25) is 10.0 Å². The fraction of sp³-hybridized carbons (Fsp3) is 0.500. The smallest absolute Gasteiger partial charge is 0.213 e. The van der Waals surface area contributed by atoms with Crippen LogP contribution in [0.2, 0.25) is 0 Å². The van der Waals surface area contributed by atoms with Crippen molar-refractivity contribution >= 4 is 15.6 Å². The second kappa shape index (κ2) is 5.32. The minimum atomic E-state index is -3.27. The van der Waals surface area contributed by atoms with Crippen molar-refractivity contribution < 1.29 is 8.42 Å². The van der Waals surface area contributed by atoms with Crippen LogP contribution in [0, 0.1) is 11.3 Å². The molecular weight excluding hydrogens is 388 g/mol. The van der Waals surface area contributed by atoms with Gasteiger partial charge < -0.3 is 0 Å². The molecule has 0 N–H and O–H groups in total. The molecular formula is C20H20N6O2S. The molecule has 1 aliphatic heterocycles. The summed E-state index contributed by atoms with van der Waals surface area (Å²) in [5.74, 6) is 0.0651. The van der Waals surface area contributed by atoms with E-state index in [1.165, 1.54) is 9.88 Å².